The van der Waals surface area contributed by atoms with Crippen molar-refractivity contribution in [1.82, 2.24) is 4.90 Å². The van der Waals surface area contributed by atoms with Gasteiger partial charge in [-0.15, -0.1) is 0 Å². The SMILES string of the molecule is CC(C)C[C@@H](C(=O)O)N1C(=O)C[C@H](c2ccccc2)C1=O. The van der Waals surface area contributed by atoms with Gasteiger partial charge in [0.15, 0.2) is 0 Å². The van der Waals surface area contributed by atoms with Crippen LogP contribution in [0.2, 0.25) is 0 Å². The van der Waals surface area contributed by atoms with Gasteiger partial charge in [0.05, 0.1) is 5.92 Å². The van der Waals surface area contributed by atoms with Gasteiger partial charge in [-0.2, -0.15) is 0 Å². The lowest BCUT2D eigenvalue weighted by atomic mass is 9.97. The molecule has 0 spiro atoms. The average Bonchev–Trinajstić information content (AvgIpc) is 2.72. The number of carbonyl (C=O) groups excluding carboxylic acids is 2. The van der Waals surface area contributed by atoms with E-state index >= 15 is 0 Å². The van der Waals surface area contributed by atoms with E-state index in [0.29, 0.717) is 0 Å². The molecule has 0 saturated carbocycles. The average molecular weight is 289 g/mol. The van der Waals surface area contributed by atoms with Gasteiger partial charge in [0.25, 0.3) is 0 Å². The number of hydrogen-bond acceptors (Lipinski definition) is 3. The van der Waals surface area contributed by atoms with Crippen LogP contribution in [-0.4, -0.2) is 33.8 Å². The van der Waals surface area contributed by atoms with Crippen LogP contribution in [-0.2, 0) is 14.4 Å². The Bertz CT molecular complexity index is 553. The number of imide groups is 1. The van der Waals surface area contributed by atoms with E-state index in [1.165, 1.54) is 0 Å². The number of rotatable bonds is 5. The van der Waals surface area contributed by atoms with Gasteiger partial charge in [0, 0.05) is 6.42 Å². The number of carbonyl (C=O) groups is 3. The molecule has 1 fully saturated rings. The first-order chi connectivity index (χ1) is 9.91. The van der Waals surface area contributed by atoms with Crippen LogP contribution in [0.25, 0.3) is 0 Å². The van der Waals surface area contributed by atoms with Crippen LogP contribution in [0.15, 0.2) is 30.3 Å². The number of aliphatic carboxylic acids is 1. The van der Waals surface area contributed by atoms with E-state index in [1.54, 1.807) is 24.3 Å². The maximum atomic E-state index is 12.5. The Labute approximate surface area is 123 Å². The van der Waals surface area contributed by atoms with Gasteiger partial charge in [0.1, 0.15) is 6.04 Å². The molecular weight excluding hydrogens is 270 g/mol. The standard InChI is InChI=1S/C16H19NO4/c1-10(2)8-13(16(20)21)17-14(18)9-12(15(17)19)11-6-4-3-5-7-11/h3-7,10,12-13H,8-9H2,1-2H3,(H,20,21)/t12-,13+/m1/s1. The Morgan fingerprint density at radius 2 is 1.90 bits per heavy atom. The number of amides is 2. The molecule has 2 atom stereocenters. The molecular formula is C16H19NO4. The molecule has 1 aliphatic heterocycles. The first kappa shape index (κ1) is 15.2. The molecule has 2 amide bonds. The fraction of sp³-hybridized carbons (Fsp3) is 0.438. The van der Waals surface area contributed by atoms with Crippen molar-refractivity contribution >= 4 is 17.8 Å². The Morgan fingerprint density at radius 3 is 2.43 bits per heavy atom. The van der Waals surface area contributed by atoms with Gasteiger partial charge < -0.3 is 5.11 Å². The van der Waals surface area contributed by atoms with E-state index in [4.69, 9.17) is 0 Å². The number of carboxylic acids is 1. The molecule has 1 aliphatic rings. The second-order valence-electron chi connectivity index (χ2n) is 5.75. The summed E-state index contributed by atoms with van der Waals surface area (Å²) >= 11 is 0. The molecule has 0 bridgehead atoms. The summed E-state index contributed by atoms with van der Waals surface area (Å²) in [4.78, 5) is 37.0. The van der Waals surface area contributed by atoms with E-state index in [1.807, 2.05) is 19.9 Å². The van der Waals surface area contributed by atoms with Crippen LogP contribution in [0, 0.1) is 5.92 Å². The summed E-state index contributed by atoms with van der Waals surface area (Å²) in [5, 5.41) is 9.33. The normalized spacial score (nSPS) is 20.1. The fourth-order valence-electron chi connectivity index (χ4n) is 2.69. The number of benzene rings is 1. The first-order valence-corrected chi connectivity index (χ1v) is 7.05. The summed E-state index contributed by atoms with van der Waals surface area (Å²) in [7, 11) is 0. The van der Waals surface area contributed by atoms with E-state index < -0.39 is 29.7 Å². The molecule has 0 aromatic heterocycles. The third kappa shape index (κ3) is 3.12. The highest BCUT2D eigenvalue weighted by molar-refractivity contribution is 6.08. The van der Waals surface area contributed by atoms with E-state index in [0.717, 1.165) is 10.5 Å². The largest absolute Gasteiger partial charge is 0.480 e. The molecule has 1 N–H and O–H groups in total. The van der Waals surface area contributed by atoms with Gasteiger partial charge in [-0.05, 0) is 17.9 Å². The molecule has 1 aromatic carbocycles. The number of hydrogen-bond donors (Lipinski definition) is 1. The van der Waals surface area contributed by atoms with Crippen molar-refractivity contribution in [3.63, 3.8) is 0 Å². The van der Waals surface area contributed by atoms with Crippen molar-refractivity contribution in [2.24, 2.45) is 5.92 Å². The smallest absolute Gasteiger partial charge is 0.326 e. The van der Waals surface area contributed by atoms with Crippen molar-refractivity contribution in [1.29, 1.82) is 0 Å². The molecule has 5 nitrogen and oxygen atoms in total. The molecule has 0 aliphatic carbocycles. The Hall–Kier alpha value is -2.17. The monoisotopic (exact) mass is 289 g/mol. The summed E-state index contributed by atoms with van der Waals surface area (Å²) in [6.45, 7) is 3.74. The van der Waals surface area contributed by atoms with Gasteiger partial charge in [-0.1, -0.05) is 44.2 Å². The summed E-state index contributed by atoms with van der Waals surface area (Å²) < 4.78 is 0. The minimum atomic E-state index is -1.13. The topological polar surface area (TPSA) is 74.7 Å². The van der Waals surface area contributed by atoms with Gasteiger partial charge in [0.2, 0.25) is 11.8 Å². The molecule has 0 unspecified atom stereocenters. The summed E-state index contributed by atoms with van der Waals surface area (Å²) in [6.07, 6.45) is 0.318. The van der Waals surface area contributed by atoms with Crippen LogP contribution in [0.1, 0.15) is 38.2 Å². The summed E-state index contributed by atoms with van der Waals surface area (Å²) in [5.41, 5.74) is 0.757. The zero-order chi connectivity index (χ0) is 15.6. The number of nitrogens with zero attached hydrogens (tertiary/aromatic N) is 1. The van der Waals surface area contributed by atoms with Gasteiger partial charge in [-0.3, -0.25) is 14.5 Å². The van der Waals surface area contributed by atoms with Crippen LogP contribution >= 0.6 is 0 Å². The van der Waals surface area contributed by atoms with Crippen LogP contribution in [0.3, 0.4) is 0 Å². The van der Waals surface area contributed by atoms with Gasteiger partial charge in [-0.25, -0.2) is 4.79 Å². The highest BCUT2D eigenvalue weighted by atomic mass is 16.4. The molecule has 1 saturated heterocycles. The lowest BCUT2D eigenvalue weighted by Gasteiger charge is -2.24. The highest BCUT2D eigenvalue weighted by Crippen LogP contribution is 2.32. The zero-order valence-electron chi connectivity index (χ0n) is 12.2. The highest BCUT2D eigenvalue weighted by Gasteiger charge is 2.45. The molecule has 1 aromatic rings. The number of carboxylic acid groups (broad SMARTS) is 1. The maximum Gasteiger partial charge on any atom is 0.326 e. The quantitative estimate of drug-likeness (QED) is 0.842. The van der Waals surface area contributed by atoms with Crippen LogP contribution in [0.4, 0.5) is 0 Å². The summed E-state index contributed by atoms with van der Waals surface area (Å²) in [5.74, 6) is -2.41. The zero-order valence-corrected chi connectivity index (χ0v) is 12.2. The molecule has 2 rings (SSSR count). The second-order valence-corrected chi connectivity index (χ2v) is 5.75. The third-order valence-corrected chi connectivity index (χ3v) is 3.68. The molecule has 112 valence electrons. The van der Waals surface area contributed by atoms with Crippen molar-refractivity contribution in [3.8, 4) is 0 Å². The summed E-state index contributed by atoms with van der Waals surface area (Å²) in [6, 6.07) is 7.95. The Balaban J connectivity index is 2.27. The Morgan fingerprint density at radius 1 is 1.29 bits per heavy atom. The van der Waals surface area contributed by atoms with Crippen molar-refractivity contribution in [3.05, 3.63) is 35.9 Å². The molecule has 0 radical (unpaired) electrons. The lowest BCUT2D eigenvalue weighted by molar-refractivity contribution is -0.155. The van der Waals surface area contributed by atoms with E-state index in [9.17, 15) is 19.5 Å². The van der Waals surface area contributed by atoms with Crippen LogP contribution in [0.5, 0.6) is 0 Å². The minimum Gasteiger partial charge on any atom is -0.480 e. The molecule has 1 heterocycles. The van der Waals surface area contributed by atoms with Crippen molar-refractivity contribution in [2.45, 2.75) is 38.6 Å². The number of likely N-dealkylation sites (tertiary alicyclic amines) is 1. The van der Waals surface area contributed by atoms with Crippen molar-refractivity contribution < 1.29 is 19.5 Å². The maximum absolute atomic E-state index is 12.5. The predicted molar refractivity (Wildman–Crippen MR) is 76.5 cm³/mol. The van der Waals surface area contributed by atoms with Crippen LogP contribution < -0.4 is 0 Å². The minimum absolute atomic E-state index is 0.0464. The van der Waals surface area contributed by atoms with Crippen molar-refractivity contribution in [2.75, 3.05) is 0 Å². The molecule has 5 heteroatoms. The fourth-order valence-corrected chi connectivity index (χ4v) is 2.69. The predicted octanol–water partition coefficient (Wildman–Crippen LogP) is 2.03. The molecule has 21 heavy (non-hydrogen) atoms. The second kappa shape index (κ2) is 6.08. The third-order valence-electron chi connectivity index (χ3n) is 3.68. The lowest BCUT2D eigenvalue weighted by Crippen LogP contribution is -2.45. The first-order valence-electron chi connectivity index (χ1n) is 7.05. The van der Waals surface area contributed by atoms with E-state index in [2.05, 4.69) is 0 Å². The van der Waals surface area contributed by atoms with Gasteiger partial charge >= 0.3 is 5.97 Å². The van der Waals surface area contributed by atoms with E-state index in [-0.39, 0.29) is 18.8 Å². The Kier molecular flexibility index (Phi) is 4.40.